The van der Waals surface area contributed by atoms with Gasteiger partial charge in [0.05, 0.1) is 17.3 Å². The molecule has 1 heterocycles. The van der Waals surface area contributed by atoms with E-state index in [4.69, 9.17) is 11.6 Å². The third-order valence-corrected chi connectivity index (χ3v) is 3.19. The standard InChI is InChI=1S/C12H13ClN2O3/c1-14-6-10(12(17)18)15(11(16)7-14)9-5-3-2-4-8(9)13/h2-5,10H,6-7H2,1H3,(H,17,18). The molecule has 1 aliphatic heterocycles. The summed E-state index contributed by atoms with van der Waals surface area (Å²) in [6.45, 7) is 0.474. The zero-order valence-corrected chi connectivity index (χ0v) is 10.6. The van der Waals surface area contributed by atoms with E-state index in [2.05, 4.69) is 0 Å². The van der Waals surface area contributed by atoms with E-state index in [0.29, 0.717) is 10.7 Å². The first-order valence-corrected chi connectivity index (χ1v) is 5.86. The second kappa shape index (κ2) is 4.96. The van der Waals surface area contributed by atoms with Crippen LogP contribution in [0.3, 0.4) is 0 Å². The molecule has 1 saturated heterocycles. The second-order valence-electron chi connectivity index (χ2n) is 4.27. The van der Waals surface area contributed by atoms with Crippen LogP contribution < -0.4 is 4.90 Å². The number of hydrogen-bond donors (Lipinski definition) is 1. The highest BCUT2D eigenvalue weighted by Gasteiger charge is 2.37. The molecule has 0 aliphatic carbocycles. The molecule has 18 heavy (non-hydrogen) atoms. The fourth-order valence-corrected chi connectivity index (χ4v) is 2.29. The molecule has 1 fully saturated rings. The molecular formula is C12H13ClN2O3. The first-order chi connectivity index (χ1) is 8.50. The lowest BCUT2D eigenvalue weighted by atomic mass is 10.1. The number of carboxylic acids is 1. The number of carbonyl (C=O) groups excluding carboxylic acids is 1. The number of aliphatic carboxylic acids is 1. The van der Waals surface area contributed by atoms with E-state index in [-0.39, 0.29) is 19.0 Å². The SMILES string of the molecule is CN1CC(=O)N(c2ccccc2Cl)C(C(=O)O)C1. The topological polar surface area (TPSA) is 60.9 Å². The van der Waals surface area contributed by atoms with Crippen molar-refractivity contribution < 1.29 is 14.7 Å². The van der Waals surface area contributed by atoms with Gasteiger partial charge in [0.15, 0.2) is 0 Å². The number of piperazine rings is 1. The van der Waals surface area contributed by atoms with Crippen LogP contribution in [0.15, 0.2) is 24.3 Å². The molecule has 0 radical (unpaired) electrons. The minimum atomic E-state index is -1.03. The number of para-hydroxylation sites is 1. The molecule has 1 aromatic carbocycles. The number of rotatable bonds is 2. The Kier molecular flexibility index (Phi) is 3.54. The molecule has 0 saturated carbocycles. The number of likely N-dealkylation sites (N-methyl/N-ethyl adjacent to an activating group) is 1. The van der Waals surface area contributed by atoms with Gasteiger partial charge in [-0.2, -0.15) is 0 Å². The number of amides is 1. The van der Waals surface area contributed by atoms with Gasteiger partial charge in [-0.25, -0.2) is 4.79 Å². The highest BCUT2D eigenvalue weighted by atomic mass is 35.5. The van der Waals surface area contributed by atoms with Gasteiger partial charge >= 0.3 is 5.97 Å². The highest BCUT2D eigenvalue weighted by molar-refractivity contribution is 6.34. The highest BCUT2D eigenvalue weighted by Crippen LogP contribution is 2.28. The number of carboxylic acid groups (broad SMARTS) is 1. The van der Waals surface area contributed by atoms with E-state index in [1.54, 1.807) is 36.2 Å². The molecule has 1 atom stereocenters. The number of nitrogens with zero attached hydrogens (tertiary/aromatic N) is 2. The molecule has 6 heteroatoms. The Bertz CT molecular complexity index is 492. The lowest BCUT2D eigenvalue weighted by Gasteiger charge is -2.37. The van der Waals surface area contributed by atoms with Gasteiger partial charge in [-0.1, -0.05) is 23.7 Å². The summed E-state index contributed by atoms with van der Waals surface area (Å²) in [5.74, 6) is -1.29. The molecule has 5 nitrogen and oxygen atoms in total. The average molecular weight is 269 g/mol. The van der Waals surface area contributed by atoms with Crippen LogP contribution in [0.1, 0.15) is 0 Å². The van der Waals surface area contributed by atoms with Gasteiger partial charge in [-0.15, -0.1) is 0 Å². The first kappa shape index (κ1) is 12.9. The van der Waals surface area contributed by atoms with Gasteiger partial charge in [0.2, 0.25) is 5.91 Å². The predicted molar refractivity (Wildman–Crippen MR) is 67.9 cm³/mol. The Morgan fingerprint density at radius 2 is 2.11 bits per heavy atom. The molecule has 0 bridgehead atoms. The largest absolute Gasteiger partial charge is 0.480 e. The Balaban J connectivity index is 2.42. The summed E-state index contributed by atoms with van der Waals surface area (Å²) < 4.78 is 0. The third kappa shape index (κ3) is 2.32. The van der Waals surface area contributed by atoms with E-state index in [0.717, 1.165) is 0 Å². The Morgan fingerprint density at radius 1 is 1.44 bits per heavy atom. The Morgan fingerprint density at radius 3 is 2.72 bits per heavy atom. The molecule has 1 unspecified atom stereocenters. The Labute approximate surface area is 110 Å². The Hall–Kier alpha value is -1.59. The molecule has 2 rings (SSSR count). The van der Waals surface area contributed by atoms with E-state index in [1.165, 1.54) is 4.90 Å². The first-order valence-electron chi connectivity index (χ1n) is 5.48. The molecule has 1 aliphatic rings. The maximum absolute atomic E-state index is 12.0. The monoisotopic (exact) mass is 268 g/mol. The van der Waals surface area contributed by atoms with Crippen LogP contribution in [0, 0.1) is 0 Å². The van der Waals surface area contributed by atoms with Crippen molar-refractivity contribution in [3.8, 4) is 0 Å². The summed E-state index contributed by atoms with van der Waals surface area (Å²) in [6.07, 6.45) is 0. The summed E-state index contributed by atoms with van der Waals surface area (Å²) in [5, 5.41) is 9.61. The normalized spacial score (nSPS) is 21.1. The zero-order valence-electron chi connectivity index (χ0n) is 9.84. The van der Waals surface area contributed by atoms with Crippen LogP contribution in [-0.2, 0) is 9.59 Å². The number of hydrogen-bond acceptors (Lipinski definition) is 3. The summed E-state index contributed by atoms with van der Waals surface area (Å²) in [7, 11) is 1.72. The molecule has 1 N–H and O–H groups in total. The summed E-state index contributed by atoms with van der Waals surface area (Å²) in [5.41, 5.74) is 0.449. The van der Waals surface area contributed by atoms with Crippen molar-refractivity contribution in [2.24, 2.45) is 0 Å². The summed E-state index contributed by atoms with van der Waals surface area (Å²) in [4.78, 5) is 26.3. The van der Waals surface area contributed by atoms with Crippen LogP contribution >= 0.6 is 11.6 Å². The fourth-order valence-electron chi connectivity index (χ4n) is 2.06. The minimum absolute atomic E-state index is 0.189. The van der Waals surface area contributed by atoms with Crippen molar-refractivity contribution in [3.05, 3.63) is 29.3 Å². The molecule has 1 amide bonds. The van der Waals surface area contributed by atoms with Gasteiger partial charge in [-0.05, 0) is 19.2 Å². The number of anilines is 1. The van der Waals surface area contributed by atoms with Crippen molar-refractivity contribution in [1.82, 2.24) is 4.90 Å². The van der Waals surface area contributed by atoms with E-state index < -0.39 is 12.0 Å². The van der Waals surface area contributed by atoms with Crippen LogP contribution in [-0.4, -0.2) is 48.1 Å². The van der Waals surface area contributed by atoms with Crippen LogP contribution in [0.5, 0.6) is 0 Å². The van der Waals surface area contributed by atoms with E-state index >= 15 is 0 Å². The third-order valence-electron chi connectivity index (χ3n) is 2.87. The second-order valence-corrected chi connectivity index (χ2v) is 4.67. The van der Waals surface area contributed by atoms with Crippen molar-refractivity contribution >= 4 is 29.2 Å². The zero-order chi connectivity index (χ0) is 13.3. The maximum Gasteiger partial charge on any atom is 0.328 e. The van der Waals surface area contributed by atoms with Gasteiger partial charge in [0.1, 0.15) is 6.04 Å². The predicted octanol–water partition coefficient (Wildman–Crippen LogP) is 1.07. The molecule has 0 aromatic heterocycles. The summed E-state index contributed by atoms with van der Waals surface area (Å²) >= 11 is 6.03. The smallest absolute Gasteiger partial charge is 0.328 e. The lowest BCUT2D eigenvalue weighted by molar-refractivity contribution is -0.142. The lowest BCUT2D eigenvalue weighted by Crippen LogP contribution is -2.58. The molecule has 1 aromatic rings. The van der Waals surface area contributed by atoms with E-state index in [9.17, 15) is 14.7 Å². The molecule has 96 valence electrons. The fraction of sp³-hybridized carbons (Fsp3) is 0.333. The van der Waals surface area contributed by atoms with Gasteiger partial charge < -0.3 is 5.11 Å². The molecular weight excluding hydrogens is 256 g/mol. The number of benzene rings is 1. The van der Waals surface area contributed by atoms with Crippen molar-refractivity contribution in [3.63, 3.8) is 0 Å². The van der Waals surface area contributed by atoms with Gasteiger partial charge in [-0.3, -0.25) is 14.6 Å². The minimum Gasteiger partial charge on any atom is -0.480 e. The average Bonchev–Trinajstić information content (AvgIpc) is 2.29. The van der Waals surface area contributed by atoms with Crippen molar-refractivity contribution in [2.75, 3.05) is 25.0 Å². The summed E-state index contributed by atoms with van der Waals surface area (Å²) in [6, 6.07) is 5.85. The molecule has 0 spiro atoms. The van der Waals surface area contributed by atoms with E-state index in [1.807, 2.05) is 0 Å². The quantitative estimate of drug-likeness (QED) is 0.872. The maximum atomic E-state index is 12.0. The van der Waals surface area contributed by atoms with Crippen molar-refractivity contribution in [1.29, 1.82) is 0 Å². The van der Waals surface area contributed by atoms with Crippen LogP contribution in [0.25, 0.3) is 0 Å². The van der Waals surface area contributed by atoms with Crippen LogP contribution in [0.2, 0.25) is 5.02 Å². The number of halogens is 1. The number of carbonyl (C=O) groups is 2. The van der Waals surface area contributed by atoms with Crippen molar-refractivity contribution in [2.45, 2.75) is 6.04 Å². The van der Waals surface area contributed by atoms with Crippen LogP contribution in [0.4, 0.5) is 5.69 Å². The van der Waals surface area contributed by atoms with Gasteiger partial charge in [0, 0.05) is 6.54 Å². The van der Waals surface area contributed by atoms with Gasteiger partial charge in [0.25, 0.3) is 0 Å².